The number of carboxylic acids is 1. The topological polar surface area (TPSA) is 163 Å². The predicted octanol–water partition coefficient (Wildman–Crippen LogP) is 7.82. The highest BCUT2D eigenvalue weighted by Crippen LogP contribution is 2.39. The van der Waals surface area contributed by atoms with Crippen molar-refractivity contribution in [2.75, 3.05) is 0 Å². The monoisotopic (exact) mass is 739 g/mol. The van der Waals surface area contributed by atoms with Gasteiger partial charge in [-0.15, -0.1) is 0 Å². The molecule has 0 spiro atoms. The maximum atomic E-state index is 12.8. The minimum Gasteiger partial charge on any atom is -0.478 e. The third-order valence-electron chi connectivity index (χ3n) is 9.52. The van der Waals surface area contributed by atoms with Gasteiger partial charge in [0.15, 0.2) is 5.25 Å². The summed E-state index contributed by atoms with van der Waals surface area (Å²) < 4.78 is 69.9. The van der Waals surface area contributed by atoms with Crippen molar-refractivity contribution in [1.29, 1.82) is 0 Å². The Bertz CT molecular complexity index is 2440. The molecule has 0 saturated carbocycles. The number of rotatable bonds is 10. The Morgan fingerprint density at radius 2 is 1.31 bits per heavy atom. The van der Waals surface area contributed by atoms with E-state index in [0.717, 1.165) is 34.1 Å². The van der Waals surface area contributed by atoms with E-state index < -0.39 is 31.5 Å². The Morgan fingerprint density at radius 1 is 0.731 bits per heavy atom. The number of aromatic carboxylic acids is 1. The SMILES string of the molecule is Cc1cc(C)c(Cc2ccc(C(=C3C=CC=C[C+]3S(=O)(=O)O)c3ccc(Cc4c(C)cc(C)c(S(=O)(=O)O)c4C)c(C(=O)O)c3)cc2C=O)c(C)c1. The summed E-state index contributed by atoms with van der Waals surface area (Å²) >= 11 is 0. The molecular formula is C41H39O9S2+. The summed E-state index contributed by atoms with van der Waals surface area (Å²) in [5.41, 5.74) is 8.60. The third-order valence-corrected chi connectivity index (χ3v) is 11.6. The Hall–Kier alpha value is -5.07. The molecule has 1 aliphatic carbocycles. The summed E-state index contributed by atoms with van der Waals surface area (Å²) in [6.45, 7) is 10.9. The van der Waals surface area contributed by atoms with Crippen molar-refractivity contribution < 1.29 is 40.6 Å². The second-order valence-corrected chi connectivity index (χ2v) is 16.0. The van der Waals surface area contributed by atoms with Crippen molar-refractivity contribution in [3.8, 4) is 0 Å². The lowest BCUT2D eigenvalue weighted by Gasteiger charge is -2.18. The summed E-state index contributed by atoms with van der Waals surface area (Å²) in [4.78, 5) is 25.1. The maximum Gasteiger partial charge on any atom is 0.336 e. The van der Waals surface area contributed by atoms with Crippen LogP contribution >= 0.6 is 0 Å². The summed E-state index contributed by atoms with van der Waals surface area (Å²) in [6, 6.07) is 15.5. The molecule has 0 bridgehead atoms. The van der Waals surface area contributed by atoms with Crippen molar-refractivity contribution >= 4 is 38.1 Å². The van der Waals surface area contributed by atoms with Crippen LogP contribution in [0, 0.1) is 46.8 Å². The van der Waals surface area contributed by atoms with Crippen molar-refractivity contribution in [3.63, 3.8) is 0 Å². The molecule has 1 aliphatic rings. The highest BCUT2D eigenvalue weighted by molar-refractivity contribution is 7.89. The molecule has 0 unspecified atom stereocenters. The van der Waals surface area contributed by atoms with Crippen molar-refractivity contribution in [3.05, 3.63) is 168 Å². The number of carbonyl (C=O) groups is 2. The number of carbonyl (C=O) groups excluding carboxylic acids is 1. The van der Waals surface area contributed by atoms with Crippen molar-refractivity contribution in [2.24, 2.45) is 0 Å². The van der Waals surface area contributed by atoms with E-state index in [0.29, 0.717) is 50.9 Å². The van der Waals surface area contributed by atoms with Crippen molar-refractivity contribution in [1.82, 2.24) is 0 Å². The van der Waals surface area contributed by atoms with Gasteiger partial charge in [-0.2, -0.15) is 16.8 Å². The first-order chi connectivity index (χ1) is 24.3. The smallest absolute Gasteiger partial charge is 0.336 e. The van der Waals surface area contributed by atoms with Crippen LogP contribution in [0.5, 0.6) is 0 Å². The van der Waals surface area contributed by atoms with Crippen LogP contribution in [0.25, 0.3) is 5.57 Å². The standard InChI is InChI=1S/C41H38O9S2/c1-23-15-24(2)35(25(3)16-23)19-29-11-13-31(18-33(29)22-42)39(34-9-7-8-10-38(34)51(45,46)47)32-14-12-30(37(21-32)41(43)44)20-36-26(4)17-27(5)40(28(36)6)52(48,49)50/h7-18,21-22H,19-20H2,1-6H3,(H2-,43,44,45,46,47,48,49,50)/p+1. The molecule has 0 fully saturated rings. The van der Waals surface area contributed by atoms with Gasteiger partial charge in [-0.25, -0.2) is 4.79 Å². The van der Waals surface area contributed by atoms with Gasteiger partial charge in [-0.05, 0) is 129 Å². The number of aryl methyl sites for hydroxylation is 5. The molecule has 0 radical (unpaired) electrons. The zero-order valence-corrected chi connectivity index (χ0v) is 31.2. The van der Waals surface area contributed by atoms with Gasteiger partial charge >= 0.3 is 16.1 Å². The molecule has 3 N–H and O–H groups in total. The number of allylic oxidation sites excluding steroid dienone is 3. The van der Waals surface area contributed by atoms with Gasteiger partial charge in [-0.1, -0.05) is 35.9 Å². The average Bonchev–Trinajstić information content (AvgIpc) is 3.04. The molecule has 0 atom stereocenters. The summed E-state index contributed by atoms with van der Waals surface area (Å²) in [5.74, 6) is -1.29. The number of carboxylic acid groups (broad SMARTS) is 1. The minimum atomic E-state index is -4.75. The normalized spacial score (nSPS) is 14.1. The van der Waals surface area contributed by atoms with Crippen LogP contribution in [0.3, 0.4) is 0 Å². The molecular weight excluding hydrogens is 701 g/mol. The zero-order chi connectivity index (χ0) is 38.3. The van der Waals surface area contributed by atoms with Crippen LogP contribution in [0.15, 0.2) is 89.4 Å². The largest absolute Gasteiger partial charge is 0.478 e. The molecule has 4 aromatic carbocycles. The Kier molecular flexibility index (Phi) is 10.7. The first-order valence-corrected chi connectivity index (χ1v) is 19.2. The first-order valence-electron chi connectivity index (χ1n) is 16.3. The lowest BCUT2D eigenvalue weighted by Crippen LogP contribution is -2.15. The summed E-state index contributed by atoms with van der Waals surface area (Å²) in [6.07, 6.45) is 6.99. The van der Waals surface area contributed by atoms with Gasteiger partial charge in [0.1, 0.15) is 11.9 Å². The van der Waals surface area contributed by atoms with E-state index in [4.69, 9.17) is 0 Å². The highest BCUT2D eigenvalue weighted by Gasteiger charge is 2.36. The molecule has 5 rings (SSSR count). The first kappa shape index (κ1) is 38.2. The van der Waals surface area contributed by atoms with E-state index in [-0.39, 0.29) is 28.0 Å². The van der Waals surface area contributed by atoms with E-state index in [1.54, 1.807) is 63.2 Å². The fourth-order valence-corrected chi connectivity index (χ4v) is 8.90. The summed E-state index contributed by atoms with van der Waals surface area (Å²) in [7, 11) is -9.32. The molecule has 268 valence electrons. The molecule has 0 aromatic heterocycles. The molecule has 0 saturated heterocycles. The number of benzene rings is 4. The van der Waals surface area contributed by atoms with E-state index in [1.165, 1.54) is 24.3 Å². The van der Waals surface area contributed by atoms with Gasteiger partial charge in [-0.3, -0.25) is 13.9 Å². The van der Waals surface area contributed by atoms with Crippen LogP contribution in [0.2, 0.25) is 0 Å². The van der Waals surface area contributed by atoms with E-state index in [9.17, 15) is 40.6 Å². The minimum absolute atomic E-state index is 0.0150. The van der Waals surface area contributed by atoms with Gasteiger partial charge < -0.3 is 5.11 Å². The van der Waals surface area contributed by atoms with Crippen LogP contribution in [0.4, 0.5) is 0 Å². The van der Waals surface area contributed by atoms with Crippen LogP contribution in [-0.4, -0.2) is 43.3 Å². The number of hydrogen-bond donors (Lipinski definition) is 3. The predicted molar refractivity (Wildman–Crippen MR) is 201 cm³/mol. The van der Waals surface area contributed by atoms with Gasteiger partial charge in [0.25, 0.3) is 10.1 Å². The average molecular weight is 740 g/mol. The van der Waals surface area contributed by atoms with Gasteiger partial charge in [0.05, 0.1) is 16.0 Å². The van der Waals surface area contributed by atoms with E-state index in [2.05, 4.69) is 12.1 Å². The molecule has 4 aromatic rings. The van der Waals surface area contributed by atoms with Gasteiger partial charge in [0.2, 0.25) is 0 Å². The lowest BCUT2D eigenvalue weighted by atomic mass is 9.85. The van der Waals surface area contributed by atoms with Crippen LogP contribution in [0.1, 0.15) is 87.5 Å². The fraction of sp³-hybridized carbons (Fsp3) is 0.195. The Labute approximate surface area is 304 Å². The molecule has 0 aliphatic heterocycles. The third kappa shape index (κ3) is 7.73. The Balaban J connectivity index is 1.71. The lowest BCUT2D eigenvalue weighted by molar-refractivity contribution is 0.0695. The fourth-order valence-electron chi connectivity index (χ4n) is 7.23. The highest BCUT2D eigenvalue weighted by atomic mass is 32.2. The number of aldehydes is 1. The molecule has 11 heteroatoms. The number of hydrogen-bond acceptors (Lipinski definition) is 6. The quantitative estimate of drug-likeness (QED) is 0.0836. The second kappa shape index (κ2) is 14.5. The second-order valence-electron chi connectivity index (χ2n) is 13.2. The summed E-state index contributed by atoms with van der Waals surface area (Å²) in [5, 5.41) is 10.0. The van der Waals surface area contributed by atoms with Crippen LogP contribution in [-0.2, 0) is 33.1 Å². The molecule has 9 nitrogen and oxygen atoms in total. The maximum absolute atomic E-state index is 12.8. The Morgan fingerprint density at radius 3 is 1.88 bits per heavy atom. The van der Waals surface area contributed by atoms with Crippen molar-refractivity contribution in [2.45, 2.75) is 59.3 Å². The van der Waals surface area contributed by atoms with Crippen LogP contribution < -0.4 is 0 Å². The molecule has 52 heavy (non-hydrogen) atoms. The van der Waals surface area contributed by atoms with E-state index in [1.807, 2.05) is 20.8 Å². The van der Waals surface area contributed by atoms with Gasteiger partial charge in [0, 0.05) is 41.0 Å². The molecule has 0 amide bonds. The zero-order valence-electron chi connectivity index (χ0n) is 29.6. The van der Waals surface area contributed by atoms with E-state index >= 15 is 0 Å². The molecule has 0 heterocycles.